The van der Waals surface area contributed by atoms with Crippen LogP contribution < -0.4 is 4.74 Å². The highest BCUT2D eigenvalue weighted by Crippen LogP contribution is 2.33. The Morgan fingerprint density at radius 1 is 0.974 bits per heavy atom. The van der Waals surface area contributed by atoms with Crippen molar-refractivity contribution in [3.05, 3.63) is 123 Å². The van der Waals surface area contributed by atoms with Crippen molar-refractivity contribution in [2.75, 3.05) is 19.7 Å². The fourth-order valence-corrected chi connectivity index (χ4v) is 5.42. The van der Waals surface area contributed by atoms with Crippen molar-refractivity contribution in [1.29, 1.82) is 0 Å². The molecule has 1 aliphatic heterocycles. The molecule has 5 rings (SSSR count). The Balaban J connectivity index is 1.24. The van der Waals surface area contributed by atoms with Crippen LogP contribution in [0.1, 0.15) is 22.3 Å². The summed E-state index contributed by atoms with van der Waals surface area (Å²) in [5.41, 5.74) is 2.87. The lowest BCUT2D eigenvalue weighted by Crippen LogP contribution is -2.38. The Morgan fingerprint density at radius 3 is 2.55 bits per heavy atom. The molecule has 1 aromatic heterocycles. The Kier molecular flexibility index (Phi) is 8.42. The molecule has 4 aromatic rings. The van der Waals surface area contributed by atoms with Crippen molar-refractivity contribution in [2.45, 2.75) is 25.1 Å². The van der Waals surface area contributed by atoms with Crippen molar-refractivity contribution in [2.24, 2.45) is 0 Å². The maximum atomic E-state index is 11.7. The zero-order valence-corrected chi connectivity index (χ0v) is 23.0. The first-order valence-electron chi connectivity index (χ1n) is 12.4. The number of ether oxygens (including phenoxy) is 1. The van der Waals surface area contributed by atoms with Crippen molar-refractivity contribution in [1.82, 2.24) is 14.5 Å². The van der Waals surface area contributed by atoms with E-state index in [2.05, 4.69) is 34.2 Å². The molecule has 1 unspecified atom stereocenters. The van der Waals surface area contributed by atoms with Crippen LogP contribution in [0.2, 0.25) is 15.1 Å². The van der Waals surface area contributed by atoms with Gasteiger partial charge in [-0.05, 0) is 59.5 Å². The van der Waals surface area contributed by atoms with E-state index in [0.717, 1.165) is 36.6 Å². The second kappa shape index (κ2) is 11.9. The van der Waals surface area contributed by atoms with E-state index in [4.69, 9.17) is 39.5 Å². The predicted octanol–water partition coefficient (Wildman–Crippen LogP) is 6.88. The number of benzene rings is 3. The average Bonchev–Trinajstić information content (AvgIpc) is 3.41. The maximum absolute atomic E-state index is 11.7. The van der Waals surface area contributed by atoms with E-state index < -0.39 is 5.60 Å². The summed E-state index contributed by atoms with van der Waals surface area (Å²) in [6, 6.07) is 19.1. The van der Waals surface area contributed by atoms with E-state index in [1.54, 1.807) is 41.5 Å². The molecule has 3 aromatic carbocycles. The standard InChI is InChI=1S/C30H28Cl3N3O2/c31-25-6-3-22(4-7-25)2-1-13-35-14-11-23-16-27(9-5-24(23)18-35)38-20-30(37,19-36-15-12-34-21-36)28-10-8-26(32)17-29(28)33/h1-10,12,15-17,21,37H,11,13-14,18-20H2/b2-1+. The number of imidazole rings is 1. The van der Waals surface area contributed by atoms with Gasteiger partial charge in [0.05, 0.1) is 12.9 Å². The summed E-state index contributed by atoms with van der Waals surface area (Å²) >= 11 is 18.5. The Morgan fingerprint density at radius 2 is 1.79 bits per heavy atom. The van der Waals surface area contributed by atoms with E-state index in [1.807, 2.05) is 30.3 Å². The highest BCUT2D eigenvalue weighted by molar-refractivity contribution is 6.35. The minimum Gasteiger partial charge on any atom is -0.490 e. The summed E-state index contributed by atoms with van der Waals surface area (Å²) in [5.74, 6) is 0.717. The SMILES string of the molecule is OC(COc1ccc2c(c1)CCN(C/C=C/c1ccc(Cl)cc1)C2)(Cn1ccnc1)c1ccc(Cl)cc1Cl. The molecule has 38 heavy (non-hydrogen) atoms. The molecule has 5 nitrogen and oxygen atoms in total. The molecule has 0 saturated heterocycles. The van der Waals surface area contributed by atoms with Crippen LogP contribution in [0.3, 0.4) is 0 Å². The second-order valence-electron chi connectivity index (χ2n) is 9.55. The molecule has 0 fully saturated rings. The first-order valence-corrected chi connectivity index (χ1v) is 13.5. The number of aliphatic hydroxyl groups is 1. The second-order valence-corrected chi connectivity index (χ2v) is 10.8. The fraction of sp³-hybridized carbons (Fsp3) is 0.233. The number of nitrogens with zero attached hydrogens (tertiary/aromatic N) is 3. The molecule has 0 saturated carbocycles. The normalized spacial score (nSPS) is 15.4. The van der Waals surface area contributed by atoms with Gasteiger partial charge < -0.3 is 14.4 Å². The van der Waals surface area contributed by atoms with Crippen molar-refractivity contribution >= 4 is 40.9 Å². The lowest BCUT2D eigenvalue weighted by atomic mass is 9.94. The molecule has 0 amide bonds. The van der Waals surface area contributed by atoms with Gasteiger partial charge in [0.2, 0.25) is 0 Å². The van der Waals surface area contributed by atoms with Crippen LogP contribution in [0.4, 0.5) is 0 Å². The lowest BCUT2D eigenvalue weighted by Gasteiger charge is -2.31. The lowest BCUT2D eigenvalue weighted by molar-refractivity contribution is -0.0243. The molecule has 0 radical (unpaired) electrons. The quantitative estimate of drug-likeness (QED) is 0.239. The molecule has 1 aliphatic rings. The molecule has 1 atom stereocenters. The molecule has 0 aliphatic carbocycles. The van der Waals surface area contributed by atoms with Crippen LogP contribution in [-0.2, 0) is 25.1 Å². The Hall–Kier alpha value is -2.80. The van der Waals surface area contributed by atoms with Crippen molar-refractivity contribution in [3.63, 3.8) is 0 Å². The number of halogens is 3. The fourth-order valence-electron chi connectivity index (χ4n) is 4.71. The topological polar surface area (TPSA) is 50.5 Å². The third-order valence-corrected chi connectivity index (χ3v) is 7.53. The summed E-state index contributed by atoms with van der Waals surface area (Å²) in [5, 5.41) is 13.4. The van der Waals surface area contributed by atoms with E-state index >= 15 is 0 Å². The molecule has 8 heteroatoms. The van der Waals surface area contributed by atoms with E-state index in [9.17, 15) is 5.11 Å². The maximum Gasteiger partial charge on any atom is 0.143 e. The smallest absolute Gasteiger partial charge is 0.143 e. The van der Waals surface area contributed by atoms with Crippen LogP contribution in [0, 0.1) is 0 Å². The van der Waals surface area contributed by atoms with Crippen LogP contribution in [-0.4, -0.2) is 39.3 Å². The van der Waals surface area contributed by atoms with Crippen molar-refractivity contribution < 1.29 is 9.84 Å². The van der Waals surface area contributed by atoms with Crippen molar-refractivity contribution in [3.8, 4) is 5.75 Å². The minimum atomic E-state index is -1.38. The van der Waals surface area contributed by atoms with Gasteiger partial charge in [-0.25, -0.2) is 4.98 Å². The highest BCUT2D eigenvalue weighted by atomic mass is 35.5. The zero-order chi connectivity index (χ0) is 26.5. The Bertz CT molecular complexity index is 1410. The molecular weight excluding hydrogens is 541 g/mol. The summed E-state index contributed by atoms with van der Waals surface area (Å²) in [7, 11) is 0. The zero-order valence-electron chi connectivity index (χ0n) is 20.7. The summed E-state index contributed by atoms with van der Waals surface area (Å²) in [6.45, 7) is 2.98. The Labute approximate surface area is 237 Å². The number of hydrogen-bond acceptors (Lipinski definition) is 4. The molecule has 2 heterocycles. The van der Waals surface area contributed by atoms with Crippen LogP contribution in [0.15, 0.2) is 85.5 Å². The van der Waals surface area contributed by atoms with Gasteiger partial charge in [-0.2, -0.15) is 0 Å². The summed E-state index contributed by atoms with van der Waals surface area (Å²) in [6.07, 6.45) is 10.4. The monoisotopic (exact) mass is 567 g/mol. The van der Waals surface area contributed by atoms with Gasteiger partial charge in [-0.3, -0.25) is 4.90 Å². The summed E-state index contributed by atoms with van der Waals surface area (Å²) in [4.78, 5) is 6.51. The number of rotatable bonds is 9. The molecule has 1 N–H and O–H groups in total. The van der Waals surface area contributed by atoms with Crippen LogP contribution >= 0.6 is 34.8 Å². The molecule has 0 bridgehead atoms. The molecule has 0 spiro atoms. The van der Waals surface area contributed by atoms with E-state index in [0.29, 0.717) is 21.4 Å². The van der Waals surface area contributed by atoms with E-state index in [1.165, 1.54) is 11.1 Å². The highest BCUT2D eigenvalue weighted by Gasteiger charge is 2.33. The third kappa shape index (κ3) is 6.60. The van der Waals surface area contributed by atoms with Gasteiger partial charge in [0.25, 0.3) is 0 Å². The van der Waals surface area contributed by atoms with E-state index in [-0.39, 0.29) is 13.2 Å². The third-order valence-electron chi connectivity index (χ3n) is 6.73. The first-order chi connectivity index (χ1) is 18.4. The van der Waals surface area contributed by atoms with Gasteiger partial charge in [0, 0.05) is 52.7 Å². The van der Waals surface area contributed by atoms with Gasteiger partial charge in [-0.1, -0.05) is 71.2 Å². The molecule has 196 valence electrons. The van der Waals surface area contributed by atoms with Gasteiger partial charge in [0.1, 0.15) is 18.0 Å². The number of fused-ring (bicyclic) bond motifs is 1. The number of aromatic nitrogens is 2. The molecular formula is C30H28Cl3N3O2. The average molecular weight is 569 g/mol. The van der Waals surface area contributed by atoms with Gasteiger partial charge >= 0.3 is 0 Å². The van der Waals surface area contributed by atoms with Gasteiger partial charge in [-0.15, -0.1) is 0 Å². The largest absolute Gasteiger partial charge is 0.490 e. The first kappa shape index (κ1) is 26.8. The van der Waals surface area contributed by atoms with Crippen LogP contribution in [0.5, 0.6) is 5.75 Å². The minimum absolute atomic E-state index is 0.0208. The summed E-state index contributed by atoms with van der Waals surface area (Å²) < 4.78 is 7.97. The van der Waals surface area contributed by atoms with Gasteiger partial charge in [0.15, 0.2) is 0 Å². The van der Waals surface area contributed by atoms with Crippen LogP contribution in [0.25, 0.3) is 6.08 Å². The predicted molar refractivity (Wildman–Crippen MR) is 154 cm³/mol. The number of hydrogen-bond donors (Lipinski definition) is 1.